The number of hydrogen-bond acceptors (Lipinski definition) is 5. The number of nitrogens with zero attached hydrogens (tertiary/aromatic N) is 2. The van der Waals surface area contributed by atoms with Crippen LogP contribution < -0.4 is 5.32 Å². The molecule has 0 bridgehead atoms. The van der Waals surface area contributed by atoms with Crippen molar-refractivity contribution in [2.45, 2.75) is 44.4 Å². The summed E-state index contributed by atoms with van der Waals surface area (Å²) in [6.07, 6.45) is 5.61. The van der Waals surface area contributed by atoms with Gasteiger partial charge in [0, 0.05) is 29.5 Å². The van der Waals surface area contributed by atoms with Gasteiger partial charge in [0.15, 0.2) is 0 Å². The van der Waals surface area contributed by atoms with E-state index in [9.17, 15) is 0 Å². The maximum atomic E-state index is 5.96. The average Bonchev–Trinajstić information content (AvgIpc) is 3.16. The van der Waals surface area contributed by atoms with Crippen LogP contribution in [0.4, 0.5) is 0 Å². The minimum Gasteiger partial charge on any atom is -0.377 e. The predicted octanol–water partition coefficient (Wildman–Crippen LogP) is 2.78. The highest BCUT2D eigenvalue weighted by Gasteiger charge is 2.66. The second kappa shape index (κ2) is 5.14. The Hall–Kier alpha value is -1.72. The smallest absolute Gasteiger partial charge is 0.240 e. The van der Waals surface area contributed by atoms with Crippen molar-refractivity contribution in [2.24, 2.45) is 11.3 Å². The molecule has 0 radical (unpaired) electrons. The molecule has 23 heavy (non-hydrogen) atoms. The molecular formula is C18H21N3O2. The first-order valence-electron chi connectivity index (χ1n) is 8.60. The fourth-order valence-electron chi connectivity index (χ4n) is 4.79. The molecule has 1 aromatic carbocycles. The molecule has 1 aromatic heterocycles. The first-order valence-corrected chi connectivity index (χ1v) is 8.60. The molecule has 1 saturated heterocycles. The Kier molecular flexibility index (Phi) is 3.06. The van der Waals surface area contributed by atoms with Gasteiger partial charge in [0.25, 0.3) is 0 Å². The van der Waals surface area contributed by atoms with E-state index in [1.807, 2.05) is 30.3 Å². The Balaban J connectivity index is 1.27. The van der Waals surface area contributed by atoms with Crippen LogP contribution in [0.1, 0.15) is 31.6 Å². The zero-order valence-corrected chi connectivity index (χ0v) is 13.1. The van der Waals surface area contributed by atoms with Crippen molar-refractivity contribution in [1.29, 1.82) is 0 Å². The van der Waals surface area contributed by atoms with Crippen molar-refractivity contribution in [3.8, 4) is 11.4 Å². The van der Waals surface area contributed by atoms with Gasteiger partial charge in [-0.3, -0.25) is 0 Å². The minimum absolute atomic E-state index is 0.392. The van der Waals surface area contributed by atoms with E-state index in [2.05, 4.69) is 15.5 Å². The van der Waals surface area contributed by atoms with Gasteiger partial charge in [-0.15, -0.1) is 0 Å². The molecule has 5 rings (SSSR count). The summed E-state index contributed by atoms with van der Waals surface area (Å²) in [7, 11) is 0. The number of hydrogen-bond donors (Lipinski definition) is 1. The fraction of sp³-hybridized carbons (Fsp3) is 0.556. The van der Waals surface area contributed by atoms with Crippen LogP contribution in [0.5, 0.6) is 0 Å². The van der Waals surface area contributed by atoms with Crippen molar-refractivity contribution in [3.05, 3.63) is 36.2 Å². The lowest BCUT2D eigenvalue weighted by molar-refractivity contribution is -0.176. The number of aromatic nitrogens is 2. The highest BCUT2D eigenvalue weighted by atomic mass is 16.5. The summed E-state index contributed by atoms with van der Waals surface area (Å²) in [5.74, 6) is 2.00. The maximum absolute atomic E-state index is 5.96. The lowest BCUT2D eigenvalue weighted by Gasteiger charge is -2.63. The molecule has 2 aliphatic carbocycles. The van der Waals surface area contributed by atoms with Gasteiger partial charge in [0.05, 0.1) is 12.6 Å². The van der Waals surface area contributed by atoms with Crippen LogP contribution in [-0.2, 0) is 11.3 Å². The highest BCUT2D eigenvalue weighted by Crippen LogP contribution is 2.62. The van der Waals surface area contributed by atoms with Crippen LogP contribution >= 0.6 is 0 Å². The normalized spacial score (nSPS) is 30.7. The fourth-order valence-corrected chi connectivity index (χ4v) is 4.79. The molecule has 2 aromatic rings. The van der Waals surface area contributed by atoms with Crippen molar-refractivity contribution < 1.29 is 9.26 Å². The molecule has 3 aliphatic rings. The number of benzene rings is 1. The van der Waals surface area contributed by atoms with E-state index < -0.39 is 0 Å². The van der Waals surface area contributed by atoms with E-state index in [1.165, 1.54) is 25.7 Å². The molecule has 5 nitrogen and oxygen atoms in total. The summed E-state index contributed by atoms with van der Waals surface area (Å²) in [4.78, 5) is 4.52. The summed E-state index contributed by atoms with van der Waals surface area (Å²) < 4.78 is 11.4. The third-order valence-electron chi connectivity index (χ3n) is 6.01. The monoisotopic (exact) mass is 311 g/mol. The molecule has 1 spiro atoms. The van der Waals surface area contributed by atoms with Crippen LogP contribution in [0.2, 0.25) is 0 Å². The number of fused-ring (bicyclic) bond motifs is 2. The molecule has 1 N–H and O–H groups in total. The predicted molar refractivity (Wildman–Crippen MR) is 84.5 cm³/mol. The molecule has 0 amide bonds. The van der Waals surface area contributed by atoms with E-state index in [0.29, 0.717) is 41.7 Å². The summed E-state index contributed by atoms with van der Waals surface area (Å²) in [5.41, 5.74) is 1.38. The van der Waals surface area contributed by atoms with E-state index in [0.717, 1.165) is 12.2 Å². The molecule has 2 saturated carbocycles. The van der Waals surface area contributed by atoms with Crippen molar-refractivity contribution in [2.75, 3.05) is 6.61 Å². The second-order valence-corrected chi connectivity index (χ2v) is 7.07. The summed E-state index contributed by atoms with van der Waals surface area (Å²) in [6, 6.07) is 10.5. The van der Waals surface area contributed by atoms with Crippen LogP contribution in [0.3, 0.4) is 0 Å². The van der Waals surface area contributed by atoms with Gasteiger partial charge in [-0.25, -0.2) is 0 Å². The molecule has 3 atom stereocenters. The van der Waals surface area contributed by atoms with E-state index in [1.54, 1.807) is 0 Å². The second-order valence-electron chi connectivity index (χ2n) is 7.07. The lowest BCUT2D eigenvalue weighted by atomic mass is 9.46. The Morgan fingerprint density at radius 3 is 2.87 bits per heavy atom. The van der Waals surface area contributed by atoms with Crippen molar-refractivity contribution >= 4 is 0 Å². The summed E-state index contributed by atoms with van der Waals surface area (Å²) in [6.45, 7) is 1.57. The molecule has 3 fully saturated rings. The third-order valence-corrected chi connectivity index (χ3v) is 6.01. The Morgan fingerprint density at radius 2 is 2.09 bits per heavy atom. The molecule has 5 heteroatoms. The minimum atomic E-state index is 0.392. The average molecular weight is 311 g/mol. The lowest BCUT2D eigenvalue weighted by Crippen LogP contribution is -2.70. The van der Waals surface area contributed by atoms with Crippen molar-refractivity contribution in [3.63, 3.8) is 0 Å². The number of rotatable bonds is 4. The number of nitrogens with one attached hydrogen (secondary N) is 1. The molecular weight excluding hydrogens is 290 g/mol. The molecule has 120 valence electrons. The van der Waals surface area contributed by atoms with Crippen LogP contribution in [0.25, 0.3) is 11.4 Å². The zero-order valence-electron chi connectivity index (χ0n) is 13.1. The van der Waals surface area contributed by atoms with Gasteiger partial charge in [-0.2, -0.15) is 4.98 Å². The first-order chi connectivity index (χ1) is 11.4. The van der Waals surface area contributed by atoms with Crippen LogP contribution in [0, 0.1) is 11.3 Å². The van der Waals surface area contributed by atoms with E-state index in [-0.39, 0.29) is 0 Å². The van der Waals surface area contributed by atoms with Gasteiger partial charge in [-0.1, -0.05) is 41.9 Å². The van der Waals surface area contributed by atoms with Gasteiger partial charge in [0.2, 0.25) is 11.7 Å². The van der Waals surface area contributed by atoms with Gasteiger partial charge in [-0.05, 0) is 19.3 Å². The summed E-state index contributed by atoms with van der Waals surface area (Å²) in [5, 5.41) is 7.78. The van der Waals surface area contributed by atoms with Crippen LogP contribution in [-0.4, -0.2) is 28.9 Å². The standard InChI is InChI=1S/C18H21N3O2/c1-2-5-12(6-3-1)17-20-14(23-21-17)11-19-15-13-7-10-22-16(13)18(15)8-4-9-18/h1-3,5-6,13,15-16,19H,4,7-11H2/t13-,15?,16-/m0/s1. The largest absolute Gasteiger partial charge is 0.377 e. The van der Waals surface area contributed by atoms with Gasteiger partial charge >= 0.3 is 0 Å². The topological polar surface area (TPSA) is 60.2 Å². The molecule has 2 heterocycles. The Labute approximate surface area is 135 Å². The van der Waals surface area contributed by atoms with Gasteiger partial charge in [0.1, 0.15) is 0 Å². The van der Waals surface area contributed by atoms with Gasteiger partial charge < -0.3 is 14.6 Å². The zero-order chi connectivity index (χ0) is 15.3. The summed E-state index contributed by atoms with van der Waals surface area (Å²) >= 11 is 0. The highest BCUT2D eigenvalue weighted by molar-refractivity contribution is 5.53. The molecule has 1 unspecified atom stereocenters. The van der Waals surface area contributed by atoms with Crippen molar-refractivity contribution in [1.82, 2.24) is 15.5 Å². The van der Waals surface area contributed by atoms with E-state index >= 15 is 0 Å². The quantitative estimate of drug-likeness (QED) is 0.941. The number of ether oxygens (including phenoxy) is 1. The maximum Gasteiger partial charge on any atom is 0.240 e. The van der Waals surface area contributed by atoms with Crippen LogP contribution in [0.15, 0.2) is 34.9 Å². The first kappa shape index (κ1) is 13.7. The Bertz CT molecular complexity index is 695. The third kappa shape index (κ3) is 2.00. The SMILES string of the molecule is c1ccc(-c2noc(CNC3[C@@H]4CCO[C@@H]4C34CCC4)n2)cc1. The molecule has 1 aliphatic heterocycles. The Morgan fingerprint density at radius 1 is 1.22 bits per heavy atom. The van der Waals surface area contributed by atoms with E-state index in [4.69, 9.17) is 9.26 Å².